The Morgan fingerprint density at radius 3 is 2.68 bits per heavy atom. The highest BCUT2D eigenvalue weighted by Gasteiger charge is 2.18. The summed E-state index contributed by atoms with van der Waals surface area (Å²) in [6, 6.07) is 10.00. The Kier molecular flexibility index (Phi) is 6.87. The molecule has 0 atom stereocenters. The lowest BCUT2D eigenvalue weighted by molar-refractivity contribution is -0.116. The van der Waals surface area contributed by atoms with Gasteiger partial charge in [-0.1, -0.05) is 56.5 Å². The fourth-order valence-electron chi connectivity index (χ4n) is 2.23. The molecule has 5 heteroatoms. The minimum absolute atomic E-state index is 0.00592. The molecule has 3 nitrogen and oxygen atoms in total. The number of unbranched alkanes of at least 4 members (excludes halogenated alkanes) is 3. The van der Waals surface area contributed by atoms with E-state index in [4.69, 9.17) is 11.6 Å². The van der Waals surface area contributed by atoms with Gasteiger partial charge in [0.2, 0.25) is 5.91 Å². The van der Waals surface area contributed by atoms with Gasteiger partial charge in [0.1, 0.15) is 5.88 Å². The number of benzene rings is 1. The van der Waals surface area contributed by atoms with Crippen molar-refractivity contribution < 1.29 is 4.79 Å². The van der Waals surface area contributed by atoms with E-state index in [1.54, 1.807) is 4.90 Å². The lowest BCUT2D eigenvalue weighted by Gasteiger charge is -2.18. The van der Waals surface area contributed by atoms with Crippen LogP contribution in [0.5, 0.6) is 0 Å². The van der Waals surface area contributed by atoms with Gasteiger partial charge in [0, 0.05) is 17.5 Å². The number of halogens is 1. The molecular formula is C17H21ClN2OS. The van der Waals surface area contributed by atoms with Crippen LogP contribution in [0, 0.1) is 0 Å². The zero-order chi connectivity index (χ0) is 15.8. The number of alkyl halides is 1. The maximum Gasteiger partial charge on any atom is 0.243 e. The lowest BCUT2D eigenvalue weighted by Crippen LogP contribution is -2.32. The van der Waals surface area contributed by atoms with Crippen LogP contribution in [0.3, 0.4) is 0 Å². The van der Waals surface area contributed by atoms with Crippen LogP contribution >= 0.6 is 22.9 Å². The van der Waals surface area contributed by atoms with Crippen molar-refractivity contribution in [3.63, 3.8) is 0 Å². The van der Waals surface area contributed by atoms with E-state index < -0.39 is 0 Å². The molecule has 2 aromatic rings. The predicted octanol–water partition coefficient (Wildman–Crippen LogP) is 4.96. The molecule has 0 spiro atoms. The van der Waals surface area contributed by atoms with E-state index in [1.807, 2.05) is 35.7 Å². The third-order valence-corrected chi connectivity index (χ3v) is 4.54. The summed E-state index contributed by atoms with van der Waals surface area (Å²) in [6.07, 6.45) is 4.48. The second-order valence-electron chi connectivity index (χ2n) is 5.12. The Labute approximate surface area is 140 Å². The quantitative estimate of drug-likeness (QED) is 0.504. The molecule has 0 saturated heterocycles. The summed E-state index contributed by atoms with van der Waals surface area (Å²) in [5, 5.41) is 2.73. The van der Waals surface area contributed by atoms with Crippen LogP contribution in [-0.4, -0.2) is 23.3 Å². The Morgan fingerprint density at radius 2 is 2.00 bits per heavy atom. The highest BCUT2D eigenvalue weighted by Crippen LogP contribution is 2.27. The SMILES string of the molecule is CCCCCCN(C(=O)CCl)c1nc(-c2ccccc2)cs1. The largest absolute Gasteiger partial charge is 0.287 e. The number of amides is 1. The molecule has 1 amide bonds. The minimum atomic E-state index is -0.0767. The Morgan fingerprint density at radius 1 is 1.23 bits per heavy atom. The van der Waals surface area contributed by atoms with Crippen molar-refractivity contribution in [3.05, 3.63) is 35.7 Å². The van der Waals surface area contributed by atoms with E-state index in [-0.39, 0.29) is 11.8 Å². The van der Waals surface area contributed by atoms with Crippen molar-refractivity contribution in [2.24, 2.45) is 0 Å². The number of nitrogens with zero attached hydrogens (tertiary/aromatic N) is 2. The van der Waals surface area contributed by atoms with Crippen LogP contribution in [0.25, 0.3) is 11.3 Å². The highest BCUT2D eigenvalue weighted by atomic mass is 35.5. The first-order chi connectivity index (χ1) is 10.8. The number of carbonyl (C=O) groups excluding carboxylic acids is 1. The van der Waals surface area contributed by atoms with Gasteiger partial charge >= 0.3 is 0 Å². The van der Waals surface area contributed by atoms with Crippen LogP contribution < -0.4 is 4.90 Å². The average Bonchev–Trinajstić information content (AvgIpc) is 3.05. The van der Waals surface area contributed by atoms with Crippen LogP contribution in [0.15, 0.2) is 35.7 Å². The number of aromatic nitrogens is 1. The van der Waals surface area contributed by atoms with E-state index in [9.17, 15) is 4.79 Å². The molecule has 118 valence electrons. The first-order valence-corrected chi connectivity index (χ1v) is 9.05. The second kappa shape index (κ2) is 8.91. The van der Waals surface area contributed by atoms with E-state index in [1.165, 1.54) is 24.2 Å². The van der Waals surface area contributed by atoms with Crippen molar-refractivity contribution in [3.8, 4) is 11.3 Å². The zero-order valence-corrected chi connectivity index (χ0v) is 14.4. The molecule has 22 heavy (non-hydrogen) atoms. The van der Waals surface area contributed by atoms with Crippen molar-refractivity contribution in [2.45, 2.75) is 32.6 Å². The number of carbonyl (C=O) groups is 1. The zero-order valence-electron chi connectivity index (χ0n) is 12.8. The Balaban J connectivity index is 2.11. The summed E-state index contributed by atoms with van der Waals surface area (Å²) in [5.41, 5.74) is 1.97. The topological polar surface area (TPSA) is 33.2 Å². The van der Waals surface area contributed by atoms with Crippen molar-refractivity contribution in [1.29, 1.82) is 0 Å². The number of hydrogen-bond donors (Lipinski definition) is 0. The van der Waals surface area contributed by atoms with Crippen LogP contribution in [0.2, 0.25) is 0 Å². The van der Waals surface area contributed by atoms with Gasteiger partial charge in [-0.3, -0.25) is 9.69 Å². The minimum Gasteiger partial charge on any atom is -0.287 e. The van der Waals surface area contributed by atoms with Gasteiger partial charge in [0.05, 0.1) is 5.69 Å². The molecule has 0 saturated carbocycles. The molecule has 0 aliphatic rings. The monoisotopic (exact) mass is 336 g/mol. The van der Waals surface area contributed by atoms with Crippen LogP contribution in [-0.2, 0) is 4.79 Å². The summed E-state index contributed by atoms with van der Waals surface area (Å²) >= 11 is 7.24. The third-order valence-electron chi connectivity index (χ3n) is 3.44. The van der Waals surface area contributed by atoms with Gasteiger partial charge in [-0.2, -0.15) is 0 Å². The van der Waals surface area contributed by atoms with Gasteiger partial charge in [-0.15, -0.1) is 22.9 Å². The molecule has 1 heterocycles. The molecule has 1 aromatic heterocycles. The standard InChI is InChI=1S/C17H21ClN2OS/c1-2-3-4-8-11-20(16(21)12-18)17-19-15(13-22-17)14-9-6-5-7-10-14/h5-7,9-10,13H,2-4,8,11-12H2,1H3. The number of rotatable bonds is 8. The number of thiazole rings is 1. The summed E-state index contributed by atoms with van der Waals surface area (Å²) in [6.45, 7) is 2.86. The molecule has 0 unspecified atom stereocenters. The van der Waals surface area contributed by atoms with E-state index >= 15 is 0 Å². The first-order valence-electron chi connectivity index (χ1n) is 7.63. The van der Waals surface area contributed by atoms with E-state index in [2.05, 4.69) is 11.9 Å². The molecule has 1 aromatic carbocycles. The molecule has 0 aliphatic heterocycles. The van der Waals surface area contributed by atoms with Gasteiger partial charge < -0.3 is 0 Å². The maximum atomic E-state index is 12.1. The van der Waals surface area contributed by atoms with Gasteiger partial charge in [-0.25, -0.2) is 4.98 Å². The lowest BCUT2D eigenvalue weighted by atomic mass is 10.2. The molecule has 0 fully saturated rings. The Bertz CT molecular complexity index is 585. The Hall–Kier alpha value is -1.39. The number of hydrogen-bond acceptors (Lipinski definition) is 3. The predicted molar refractivity (Wildman–Crippen MR) is 94.8 cm³/mol. The summed E-state index contributed by atoms with van der Waals surface area (Å²) < 4.78 is 0. The van der Waals surface area contributed by atoms with Crippen molar-refractivity contribution in [1.82, 2.24) is 4.98 Å². The fraction of sp³-hybridized carbons (Fsp3) is 0.412. The smallest absolute Gasteiger partial charge is 0.243 e. The van der Waals surface area contributed by atoms with E-state index in [0.29, 0.717) is 6.54 Å². The molecular weight excluding hydrogens is 316 g/mol. The van der Waals surface area contributed by atoms with Crippen molar-refractivity contribution in [2.75, 3.05) is 17.3 Å². The number of anilines is 1. The van der Waals surface area contributed by atoms with Gasteiger partial charge in [0.15, 0.2) is 5.13 Å². The second-order valence-corrected chi connectivity index (χ2v) is 6.22. The highest BCUT2D eigenvalue weighted by molar-refractivity contribution is 7.14. The molecule has 0 aliphatic carbocycles. The molecule has 0 radical (unpaired) electrons. The normalized spacial score (nSPS) is 10.6. The molecule has 0 N–H and O–H groups in total. The molecule has 2 rings (SSSR count). The third kappa shape index (κ3) is 4.55. The van der Waals surface area contributed by atoms with Crippen molar-refractivity contribution >= 4 is 34.0 Å². The first kappa shape index (κ1) is 17.0. The summed E-state index contributed by atoms with van der Waals surface area (Å²) in [4.78, 5) is 18.4. The van der Waals surface area contributed by atoms with Crippen LogP contribution in [0.1, 0.15) is 32.6 Å². The van der Waals surface area contributed by atoms with Gasteiger partial charge in [0.25, 0.3) is 0 Å². The maximum absolute atomic E-state index is 12.1. The van der Waals surface area contributed by atoms with E-state index in [0.717, 1.165) is 29.2 Å². The van der Waals surface area contributed by atoms with Gasteiger partial charge in [-0.05, 0) is 6.42 Å². The van der Waals surface area contributed by atoms with Crippen LogP contribution in [0.4, 0.5) is 5.13 Å². The summed E-state index contributed by atoms with van der Waals surface area (Å²) in [5.74, 6) is -0.0827. The fourth-order valence-corrected chi connectivity index (χ4v) is 3.25. The molecule has 0 bridgehead atoms. The summed E-state index contributed by atoms with van der Waals surface area (Å²) in [7, 11) is 0. The average molecular weight is 337 g/mol.